The SMILES string of the molecule is Cc1c(N)c(F)cn2c(=O)c(C(=O)O)c(N3CCC[C@H](C)C3)c(C3CC3)c12.Cl. The van der Waals surface area contributed by atoms with Crippen molar-refractivity contribution >= 4 is 35.3 Å². The summed E-state index contributed by atoms with van der Waals surface area (Å²) in [4.78, 5) is 27.2. The van der Waals surface area contributed by atoms with E-state index in [-0.39, 0.29) is 29.6 Å². The summed E-state index contributed by atoms with van der Waals surface area (Å²) in [5.74, 6) is -1.38. The number of anilines is 2. The molecule has 2 aromatic heterocycles. The summed E-state index contributed by atoms with van der Waals surface area (Å²) in [6, 6.07) is 0. The van der Waals surface area contributed by atoms with Gasteiger partial charge in [-0.05, 0) is 50.0 Å². The maximum absolute atomic E-state index is 14.2. The minimum absolute atomic E-state index is 0. The van der Waals surface area contributed by atoms with Crippen LogP contribution in [-0.4, -0.2) is 28.6 Å². The lowest BCUT2D eigenvalue weighted by Gasteiger charge is -2.35. The standard InChI is InChI=1S/C20H24FN3O3.ClH/c1-10-4-3-7-23(8-10)18-14(12-5-6-12)17-11(2)16(22)13(21)9-24(17)19(25)15(18)20(26)27;/h9-10,12H,3-8,22H2,1-2H3,(H,26,27);1H/t10-;/m0./s1. The number of aromatic carboxylic acids is 1. The first-order chi connectivity index (χ1) is 12.8. The van der Waals surface area contributed by atoms with Gasteiger partial charge in [0.05, 0.1) is 23.1 Å². The third kappa shape index (κ3) is 3.11. The molecule has 2 fully saturated rings. The highest BCUT2D eigenvalue weighted by Crippen LogP contribution is 2.48. The van der Waals surface area contributed by atoms with Gasteiger partial charge >= 0.3 is 5.97 Å². The number of carboxylic acid groups (broad SMARTS) is 1. The first-order valence-electron chi connectivity index (χ1n) is 9.46. The van der Waals surface area contributed by atoms with Crippen LogP contribution in [0.1, 0.15) is 60.0 Å². The fraction of sp³-hybridized carbons (Fsp3) is 0.500. The molecule has 0 spiro atoms. The number of fused-ring (bicyclic) bond motifs is 1. The quantitative estimate of drug-likeness (QED) is 0.809. The predicted molar refractivity (Wildman–Crippen MR) is 110 cm³/mol. The van der Waals surface area contributed by atoms with Gasteiger partial charge in [0.15, 0.2) is 5.82 Å². The number of nitrogens with zero attached hydrogens (tertiary/aromatic N) is 2. The number of halogens is 2. The lowest BCUT2D eigenvalue weighted by molar-refractivity contribution is 0.0695. The van der Waals surface area contributed by atoms with Crippen LogP contribution in [0, 0.1) is 18.7 Å². The number of rotatable bonds is 3. The zero-order valence-electron chi connectivity index (χ0n) is 16.0. The van der Waals surface area contributed by atoms with Crippen molar-refractivity contribution in [3.63, 3.8) is 0 Å². The zero-order chi connectivity index (χ0) is 19.5. The van der Waals surface area contributed by atoms with Gasteiger partial charge in [0.2, 0.25) is 0 Å². The van der Waals surface area contributed by atoms with E-state index < -0.39 is 17.3 Å². The number of carbonyl (C=O) groups is 1. The van der Waals surface area contributed by atoms with Gasteiger partial charge in [-0.25, -0.2) is 9.18 Å². The molecule has 0 bridgehead atoms. The first kappa shape index (κ1) is 20.5. The van der Waals surface area contributed by atoms with E-state index in [4.69, 9.17) is 5.73 Å². The van der Waals surface area contributed by atoms with Gasteiger partial charge in [-0.15, -0.1) is 12.4 Å². The summed E-state index contributed by atoms with van der Waals surface area (Å²) < 4.78 is 15.4. The number of piperidine rings is 1. The van der Waals surface area contributed by atoms with Gasteiger partial charge in [0.25, 0.3) is 5.56 Å². The van der Waals surface area contributed by atoms with E-state index >= 15 is 0 Å². The topological polar surface area (TPSA) is 88.0 Å². The van der Waals surface area contributed by atoms with E-state index in [2.05, 4.69) is 6.92 Å². The van der Waals surface area contributed by atoms with E-state index in [1.165, 1.54) is 0 Å². The van der Waals surface area contributed by atoms with E-state index in [1.54, 1.807) is 6.92 Å². The average Bonchev–Trinajstić information content (AvgIpc) is 3.44. The van der Waals surface area contributed by atoms with Crippen molar-refractivity contribution < 1.29 is 14.3 Å². The molecule has 1 saturated carbocycles. The Labute approximate surface area is 168 Å². The molecule has 0 radical (unpaired) electrons. The van der Waals surface area contributed by atoms with Crippen molar-refractivity contribution in [1.29, 1.82) is 0 Å². The van der Waals surface area contributed by atoms with Crippen molar-refractivity contribution in [2.75, 3.05) is 23.7 Å². The number of nitrogens with two attached hydrogens (primary N) is 1. The summed E-state index contributed by atoms with van der Waals surface area (Å²) in [5.41, 5.74) is 7.40. The molecule has 152 valence electrons. The Hall–Kier alpha value is -2.28. The largest absolute Gasteiger partial charge is 0.477 e. The van der Waals surface area contributed by atoms with Crippen molar-refractivity contribution in [1.82, 2.24) is 4.40 Å². The molecule has 1 aliphatic carbocycles. The molecule has 28 heavy (non-hydrogen) atoms. The molecule has 2 aliphatic rings. The smallest absolute Gasteiger partial charge is 0.343 e. The fourth-order valence-corrected chi connectivity index (χ4v) is 4.37. The van der Waals surface area contributed by atoms with Crippen LogP contribution < -0.4 is 16.2 Å². The zero-order valence-corrected chi connectivity index (χ0v) is 16.8. The number of hydrogen-bond donors (Lipinski definition) is 2. The molecule has 0 amide bonds. The third-order valence-corrected chi connectivity index (χ3v) is 5.85. The Bertz CT molecular complexity index is 1020. The maximum atomic E-state index is 14.2. The van der Waals surface area contributed by atoms with Crippen LogP contribution in [0.5, 0.6) is 0 Å². The number of aromatic nitrogens is 1. The van der Waals surface area contributed by atoms with E-state index in [0.717, 1.165) is 48.4 Å². The second kappa shape index (κ2) is 7.28. The molecule has 2 aromatic rings. The molecule has 3 N–H and O–H groups in total. The molecule has 1 saturated heterocycles. The summed E-state index contributed by atoms with van der Waals surface area (Å²) in [6.07, 6.45) is 4.93. The minimum atomic E-state index is -1.26. The Morgan fingerprint density at radius 1 is 1.32 bits per heavy atom. The van der Waals surface area contributed by atoms with Crippen LogP contribution in [0.2, 0.25) is 0 Å². The molecule has 8 heteroatoms. The predicted octanol–water partition coefficient (Wildman–Crippen LogP) is 3.56. The summed E-state index contributed by atoms with van der Waals surface area (Å²) in [5, 5.41) is 9.86. The third-order valence-electron chi connectivity index (χ3n) is 5.85. The second-order valence-electron chi connectivity index (χ2n) is 7.95. The van der Waals surface area contributed by atoms with Crippen molar-refractivity contribution in [3.8, 4) is 0 Å². The molecular formula is C20H25ClFN3O3. The summed E-state index contributed by atoms with van der Waals surface area (Å²) >= 11 is 0. The van der Waals surface area contributed by atoms with Crippen LogP contribution in [-0.2, 0) is 0 Å². The van der Waals surface area contributed by atoms with Crippen molar-refractivity contribution in [3.05, 3.63) is 39.1 Å². The Balaban J connectivity index is 0.00000225. The lowest BCUT2D eigenvalue weighted by Crippen LogP contribution is -2.38. The molecule has 1 atom stereocenters. The Morgan fingerprint density at radius 3 is 2.57 bits per heavy atom. The van der Waals surface area contributed by atoms with Crippen molar-refractivity contribution in [2.45, 2.75) is 45.4 Å². The first-order valence-corrected chi connectivity index (χ1v) is 9.46. The minimum Gasteiger partial charge on any atom is -0.477 e. The Kier molecular flexibility index (Phi) is 5.32. The number of pyridine rings is 2. The molecule has 4 rings (SSSR count). The summed E-state index contributed by atoms with van der Waals surface area (Å²) in [6.45, 7) is 5.26. The van der Waals surface area contributed by atoms with Gasteiger partial charge in [0, 0.05) is 18.7 Å². The van der Waals surface area contributed by atoms with Crippen LogP contribution in [0.3, 0.4) is 0 Å². The molecular weight excluding hydrogens is 385 g/mol. The van der Waals surface area contributed by atoms with Gasteiger partial charge in [-0.3, -0.25) is 9.20 Å². The fourth-order valence-electron chi connectivity index (χ4n) is 4.37. The van der Waals surface area contributed by atoms with Crippen molar-refractivity contribution in [2.24, 2.45) is 5.92 Å². The van der Waals surface area contributed by atoms with E-state index in [1.807, 2.05) is 4.90 Å². The maximum Gasteiger partial charge on any atom is 0.343 e. The van der Waals surface area contributed by atoms with Crippen LogP contribution in [0.4, 0.5) is 15.8 Å². The van der Waals surface area contributed by atoms with Gasteiger partial charge in [-0.2, -0.15) is 0 Å². The van der Waals surface area contributed by atoms with Crippen LogP contribution in [0.25, 0.3) is 5.52 Å². The average molecular weight is 410 g/mol. The number of hydrogen-bond acceptors (Lipinski definition) is 4. The van der Waals surface area contributed by atoms with E-state index in [0.29, 0.717) is 29.2 Å². The van der Waals surface area contributed by atoms with E-state index in [9.17, 15) is 19.1 Å². The number of aryl methyl sites for hydroxylation is 1. The van der Waals surface area contributed by atoms with Gasteiger partial charge < -0.3 is 15.7 Å². The normalized spacial score (nSPS) is 19.5. The highest BCUT2D eigenvalue weighted by Gasteiger charge is 2.37. The molecule has 1 aliphatic heterocycles. The highest BCUT2D eigenvalue weighted by atomic mass is 35.5. The van der Waals surface area contributed by atoms with Gasteiger partial charge in [0.1, 0.15) is 5.56 Å². The van der Waals surface area contributed by atoms with Crippen LogP contribution in [0.15, 0.2) is 11.0 Å². The highest BCUT2D eigenvalue weighted by molar-refractivity contribution is 5.98. The molecule has 0 aromatic carbocycles. The number of nitrogen functional groups attached to an aromatic ring is 1. The number of carboxylic acids is 1. The molecule has 6 nitrogen and oxygen atoms in total. The second-order valence-corrected chi connectivity index (χ2v) is 7.95. The molecule has 0 unspecified atom stereocenters. The van der Waals surface area contributed by atoms with Crippen LogP contribution >= 0.6 is 12.4 Å². The monoisotopic (exact) mass is 409 g/mol. The lowest BCUT2D eigenvalue weighted by atomic mass is 9.94. The molecule has 3 heterocycles. The summed E-state index contributed by atoms with van der Waals surface area (Å²) in [7, 11) is 0. The Morgan fingerprint density at radius 2 is 2.00 bits per heavy atom. The van der Waals surface area contributed by atoms with Gasteiger partial charge in [-0.1, -0.05) is 6.92 Å².